The Morgan fingerprint density at radius 1 is 1.42 bits per heavy atom. The predicted octanol–water partition coefficient (Wildman–Crippen LogP) is 2.48. The van der Waals surface area contributed by atoms with Crippen LogP contribution < -0.4 is 4.90 Å². The molecule has 0 aliphatic carbocycles. The first kappa shape index (κ1) is 11.9. The van der Waals surface area contributed by atoms with E-state index in [1.807, 2.05) is 11.0 Å². The first-order valence-corrected chi connectivity index (χ1v) is 6.02. The van der Waals surface area contributed by atoms with Gasteiger partial charge in [0.1, 0.15) is 5.67 Å². The van der Waals surface area contributed by atoms with Crippen LogP contribution in [0, 0.1) is 0 Å². The van der Waals surface area contributed by atoms with E-state index in [1.54, 1.807) is 19.1 Å². The highest BCUT2D eigenvalue weighted by molar-refractivity contribution is 6.03. The Morgan fingerprint density at radius 2 is 2.16 bits per heavy atom. The minimum absolute atomic E-state index is 0.218. The fourth-order valence-corrected chi connectivity index (χ4v) is 2.45. The van der Waals surface area contributed by atoms with Gasteiger partial charge in [0.2, 0.25) is 0 Å². The van der Waals surface area contributed by atoms with Gasteiger partial charge >= 0.3 is 5.97 Å². The monoisotopic (exact) mass is 260 g/mol. The maximum atomic E-state index is 13.5. The third kappa shape index (κ3) is 2.01. The van der Waals surface area contributed by atoms with Crippen molar-refractivity contribution in [3.8, 4) is 0 Å². The Hall–Kier alpha value is -2.17. The van der Waals surface area contributed by atoms with Crippen LogP contribution >= 0.6 is 0 Å². The van der Waals surface area contributed by atoms with E-state index < -0.39 is 11.6 Å². The third-order valence-electron chi connectivity index (χ3n) is 3.36. The molecule has 1 aliphatic heterocycles. The Balaban J connectivity index is 2.05. The molecule has 0 unspecified atom stereocenters. The predicted molar refractivity (Wildman–Crippen MR) is 70.4 cm³/mol. The maximum Gasteiger partial charge on any atom is 0.336 e. The number of carbonyl (C=O) groups is 1. The number of aromatic carboxylic acids is 1. The van der Waals surface area contributed by atoms with Crippen molar-refractivity contribution in [1.82, 2.24) is 4.98 Å². The van der Waals surface area contributed by atoms with Crippen LogP contribution in [0.2, 0.25) is 0 Å². The summed E-state index contributed by atoms with van der Waals surface area (Å²) >= 11 is 0. The summed E-state index contributed by atoms with van der Waals surface area (Å²) in [5.41, 5.74) is 0.528. The molecule has 0 saturated carbocycles. The number of nitrogens with zero attached hydrogens (tertiary/aromatic N) is 2. The van der Waals surface area contributed by atoms with Gasteiger partial charge in [-0.1, -0.05) is 0 Å². The summed E-state index contributed by atoms with van der Waals surface area (Å²) in [5, 5.41) is 9.75. The van der Waals surface area contributed by atoms with Crippen LogP contribution in [0.1, 0.15) is 17.3 Å². The third-order valence-corrected chi connectivity index (χ3v) is 3.36. The lowest BCUT2D eigenvalue weighted by Gasteiger charge is -2.43. The molecular formula is C14H13FN2O2. The normalized spacial score (nSPS) is 17.3. The molecule has 1 N–H and O–H groups in total. The van der Waals surface area contributed by atoms with Gasteiger partial charge in [0, 0.05) is 17.3 Å². The van der Waals surface area contributed by atoms with Gasteiger partial charge in [0.25, 0.3) is 0 Å². The fraction of sp³-hybridized carbons (Fsp3) is 0.286. The Morgan fingerprint density at radius 3 is 2.79 bits per heavy atom. The molecule has 2 heterocycles. The van der Waals surface area contributed by atoms with E-state index in [0.29, 0.717) is 24.0 Å². The standard InChI is InChI=1S/C14H13FN2O2/c1-14(15)7-17(8-14)9-2-3-12-11(6-9)10(13(18)19)4-5-16-12/h2-6H,7-8H2,1H3,(H,18,19). The van der Waals surface area contributed by atoms with Crippen LogP contribution in [0.5, 0.6) is 0 Å². The summed E-state index contributed by atoms with van der Waals surface area (Å²) in [6.07, 6.45) is 1.48. The summed E-state index contributed by atoms with van der Waals surface area (Å²) in [6.45, 7) is 2.23. The number of halogens is 1. The van der Waals surface area contributed by atoms with Gasteiger partial charge in [-0.2, -0.15) is 0 Å². The van der Waals surface area contributed by atoms with E-state index in [2.05, 4.69) is 4.98 Å². The van der Waals surface area contributed by atoms with Crippen molar-refractivity contribution in [3.63, 3.8) is 0 Å². The van der Waals surface area contributed by atoms with E-state index >= 15 is 0 Å². The van der Waals surface area contributed by atoms with Crippen LogP contribution in [0.4, 0.5) is 10.1 Å². The van der Waals surface area contributed by atoms with Crippen LogP contribution in [0.3, 0.4) is 0 Å². The smallest absolute Gasteiger partial charge is 0.336 e. The van der Waals surface area contributed by atoms with Crippen molar-refractivity contribution in [2.24, 2.45) is 0 Å². The molecule has 0 radical (unpaired) electrons. The first-order chi connectivity index (χ1) is 8.96. The average molecular weight is 260 g/mol. The van der Waals surface area contributed by atoms with Crippen LogP contribution in [0.15, 0.2) is 30.5 Å². The summed E-state index contributed by atoms with van der Waals surface area (Å²) in [7, 11) is 0. The largest absolute Gasteiger partial charge is 0.478 e. The first-order valence-electron chi connectivity index (χ1n) is 6.02. The second kappa shape index (κ2) is 3.91. The lowest BCUT2D eigenvalue weighted by Crippen LogP contribution is -2.57. The molecule has 0 spiro atoms. The zero-order valence-corrected chi connectivity index (χ0v) is 10.4. The number of fused-ring (bicyclic) bond motifs is 1. The van der Waals surface area contributed by atoms with Crippen LogP contribution in [-0.4, -0.2) is 34.8 Å². The molecule has 98 valence electrons. The van der Waals surface area contributed by atoms with Gasteiger partial charge in [-0.15, -0.1) is 0 Å². The SMILES string of the molecule is CC1(F)CN(c2ccc3nccc(C(=O)O)c3c2)C1. The number of carboxylic acid groups (broad SMARTS) is 1. The Kier molecular flexibility index (Phi) is 2.45. The number of aromatic nitrogens is 1. The summed E-state index contributed by atoms with van der Waals surface area (Å²) < 4.78 is 13.5. The van der Waals surface area contributed by atoms with Crippen molar-refractivity contribution in [3.05, 3.63) is 36.0 Å². The molecule has 1 aromatic heterocycles. The lowest BCUT2D eigenvalue weighted by atomic mass is 9.97. The van der Waals surface area contributed by atoms with Gasteiger partial charge in [-0.3, -0.25) is 4.98 Å². The van der Waals surface area contributed by atoms with Gasteiger partial charge in [-0.05, 0) is 31.2 Å². The molecule has 0 atom stereocenters. The zero-order chi connectivity index (χ0) is 13.6. The van der Waals surface area contributed by atoms with Crippen molar-refractivity contribution in [2.45, 2.75) is 12.6 Å². The second-order valence-corrected chi connectivity index (χ2v) is 5.13. The molecular weight excluding hydrogens is 247 g/mol. The average Bonchev–Trinajstić information content (AvgIpc) is 2.34. The molecule has 0 amide bonds. The minimum atomic E-state index is -1.15. The van der Waals surface area contributed by atoms with E-state index in [0.717, 1.165) is 5.69 Å². The summed E-state index contributed by atoms with van der Waals surface area (Å²) in [6, 6.07) is 6.85. The van der Waals surface area contributed by atoms with Gasteiger partial charge in [0.05, 0.1) is 24.2 Å². The van der Waals surface area contributed by atoms with Gasteiger partial charge in [0.15, 0.2) is 0 Å². The Labute approximate surface area is 109 Å². The number of benzene rings is 1. The maximum absolute atomic E-state index is 13.5. The number of pyridine rings is 1. The fourth-order valence-electron chi connectivity index (χ4n) is 2.45. The topological polar surface area (TPSA) is 53.4 Å². The zero-order valence-electron chi connectivity index (χ0n) is 10.4. The molecule has 1 fully saturated rings. The molecule has 3 rings (SSSR count). The van der Waals surface area contributed by atoms with Crippen molar-refractivity contribution >= 4 is 22.6 Å². The summed E-state index contributed by atoms with van der Waals surface area (Å²) in [4.78, 5) is 17.2. The lowest BCUT2D eigenvalue weighted by molar-refractivity contribution is 0.0699. The molecule has 0 bridgehead atoms. The molecule has 1 aromatic carbocycles. The van der Waals surface area contributed by atoms with Crippen molar-refractivity contribution in [1.29, 1.82) is 0 Å². The number of rotatable bonds is 2. The van der Waals surface area contributed by atoms with Gasteiger partial charge in [-0.25, -0.2) is 9.18 Å². The number of anilines is 1. The molecule has 4 nitrogen and oxygen atoms in total. The van der Waals surface area contributed by atoms with E-state index in [1.165, 1.54) is 12.3 Å². The molecule has 5 heteroatoms. The van der Waals surface area contributed by atoms with Crippen molar-refractivity contribution in [2.75, 3.05) is 18.0 Å². The molecule has 1 saturated heterocycles. The number of alkyl halides is 1. The van der Waals surface area contributed by atoms with Gasteiger partial charge < -0.3 is 10.0 Å². The summed E-state index contributed by atoms with van der Waals surface area (Å²) in [5.74, 6) is -0.983. The quantitative estimate of drug-likeness (QED) is 0.901. The van der Waals surface area contributed by atoms with E-state index in [-0.39, 0.29) is 5.56 Å². The highest BCUT2D eigenvalue weighted by Crippen LogP contribution is 2.32. The molecule has 1 aliphatic rings. The van der Waals surface area contributed by atoms with Crippen molar-refractivity contribution < 1.29 is 14.3 Å². The molecule has 19 heavy (non-hydrogen) atoms. The number of hydrogen-bond acceptors (Lipinski definition) is 3. The highest BCUT2D eigenvalue weighted by Gasteiger charge is 2.38. The Bertz CT molecular complexity index is 662. The highest BCUT2D eigenvalue weighted by atomic mass is 19.1. The number of hydrogen-bond donors (Lipinski definition) is 1. The number of carboxylic acids is 1. The second-order valence-electron chi connectivity index (χ2n) is 5.13. The molecule has 2 aromatic rings. The van der Waals surface area contributed by atoms with Crippen LogP contribution in [-0.2, 0) is 0 Å². The van der Waals surface area contributed by atoms with E-state index in [4.69, 9.17) is 5.11 Å². The van der Waals surface area contributed by atoms with Crippen LogP contribution in [0.25, 0.3) is 10.9 Å². The van der Waals surface area contributed by atoms with E-state index in [9.17, 15) is 9.18 Å². The minimum Gasteiger partial charge on any atom is -0.478 e.